The standard InChI is InChI=1S/C10H15N3O2/c14-7-4-8(11-5-7)10-12-9(13-15-10)3-6-1-2-6/h6-8,11,14H,1-5H2/t7?,8-/m0/s1. The van der Waals surface area contributed by atoms with E-state index in [2.05, 4.69) is 15.5 Å². The average Bonchev–Trinajstić information content (AvgIpc) is 2.74. The number of aromatic nitrogens is 2. The summed E-state index contributed by atoms with van der Waals surface area (Å²) >= 11 is 0. The lowest BCUT2D eigenvalue weighted by atomic mass is 10.2. The molecule has 1 aliphatic heterocycles. The Bertz CT molecular complexity index is 348. The summed E-state index contributed by atoms with van der Waals surface area (Å²) in [5.41, 5.74) is 0. The van der Waals surface area contributed by atoms with Crippen LogP contribution in [0.25, 0.3) is 0 Å². The van der Waals surface area contributed by atoms with E-state index in [0.717, 1.165) is 18.2 Å². The van der Waals surface area contributed by atoms with Gasteiger partial charge in [-0.3, -0.25) is 0 Å². The molecule has 1 aromatic heterocycles. The van der Waals surface area contributed by atoms with E-state index < -0.39 is 0 Å². The number of nitrogens with one attached hydrogen (secondary N) is 1. The highest BCUT2D eigenvalue weighted by atomic mass is 16.5. The van der Waals surface area contributed by atoms with Gasteiger partial charge in [0.1, 0.15) is 0 Å². The van der Waals surface area contributed by atoms with Crippen molar-refractivity contribution in [3.05, 3.63) is 11.7 Å². The van der Waals surface area contributed by atoms with Gasteiger partial charge in [-0.1, -0.05) is 5.16 Å². The number of aliphatic hydroxyl groups is 1. The van der Waals surface area contributed by atoms with E-state index in [4.69, 9.17) is 4.52 Å². The third-order valence-corrected chi connectivity index (χ3v) is 3.06. The Balaban J connectivity index is 1.66. The van der Waals surface area contributed by atoms with Crippen LogP contribution in [0.15, 0.2) is 4.52 Å². The van der Waals surface area contributed by atoms with Gasteiger partial charge in [-0.05, 0) is 25.2 Å². The van der Waals surface area contributed by atoms with Crippen LogP contribution in [-0.4, -0.2) is 27.9 Å². The van der Waals surface area contributed by atoms with Crippen molar-refractivity contribution in [2.45, 2.75) is 37.8 Å². The van der Waals surface area contributed by atoms with Gasteiger partial charge in [-0.2, -0.15) is 4.98 Å². The smallest absolute Gasteiger partial charge is 0.243 e. The van der Waals surface area contributed by atoms with Crippen molar-refractivity contribution in [1.29, 1.82) is 0 Å². The zero-order valence-electron chi connectivity index (χ0n) is 8.52. The fourth-order valence-electron chi connectivity index (χ4n) is 1.98. The van der Waals surface area contributed by atoms with Gasteiger partial charge in [0.15, 0.2) is 5.82 Å². The first-order chi connectivity index (χ1) is 7.31. The van der Waals surface area contributed by atoms with Gasteiger partial charge >= 0.3 is 0 Å². The van der Waals surface area contributed by atoms with Gasteiger partial charge < -0.3 is 14.9 Å². The molecular formula is C10H15N3O2. The molecule has 2 aliphatic rings. The molecule has 5 heteroatoms. The largest absolute Gasteiger partial charge is 0.392 e. The predicted molar refractivity (Wildman–Crippen MR) is 52.1 cm³/mol. The molecule has 1 unspecified atom stereocenters. The summed E-state index contributed by atoms with van der Waals surface area (Å²) < 4.78 is 5.19. The lowest BCUT2D eigenvalue weighted by Gasteiger charge is -2.01. The number of hydrogen-bond donors (Lipinski definition) is 2. The van der Waals surface area contributed by atoms with Crippen LogP contribution in [0.1, 0.15) is 37.0 Å². The predicted octanol–water partition coefficient (Wildman–Crippen LogP) is 0.417. The van der Waals surface area contributed by atoms with Crippen molar-refractivity contribution in [3.8, 4) is 0 Å². The van der Waals surface area contributed by atoms with Crippen LogP contribution in [0.4, 0.5) is 0 Å². The Morgan fingerprint density at radius 1 is 1.47 bits per heavy atom. The molecule has 1 saturated heterocycles. The van der Waals surface area contributed by atoms with E-state index in [9.17, 15) is 5.11 Å². The molecule has 82 valence electrons. The Morgan fingerprint density at radius 3 is 3.00 bits per heavy atom. The number of rotatable bonds is 3. The summed E-state index contributed by atoms with van der Waals surface area (Å²) in [5.74, 6) is 2.22. The first kappa shape index (κ1) is 9.30. The normalized spacial score (nSPS) is 31.0. The highest BCUT2D eigenvalue weighted by Gasteiger charge is 2.29. The lowest BCUT2D eigenvalue weighted by Crippen LogP contribution is -2.15. The fourth-order valence-corrected chi connectivity index (χ4v) is 1.98. The van der Waals surface area contributed by atoms with Crippen LogP contribution in [-0.2, 0) is 6.42 Å². The molecule has 2 fully saturated rings. The molecule has 0 aromatic carbocycles. The Hall–Kier alpha value is -0.940. The maximum atomic E-state index is 9.37. The van der Waals surface area contributed by atoms with Crippen LogP contribution in [0, 0.1) is 5.92 Å². The number of aliphatic hydroxyl groups excluding tert-OH is 1. The molecule has 3 rings (SSSR count). The second kappa shape index (κ2) is 3.57. The maximum absolute atomic E-state index is 9.37. The van der Waals surface area contributed by atoms with Gasteiger partial charge in [0.05, 0.1) is 12.1 Å². The number of nitrogens with zero attached hydrogens (tertiary/aromatic N) is 2. The van der Waals surface area contributed by atoms with Crippen molar-refractivity contribution in [2.75, 3.05) is 6.54 Å². The monoisotopic (exact) mass is 209 g/mol. The molecule has 2 atom stereocenters. The van der Waals surface area contributed by atoms with Crippen LogP contribution in [0.3, 0.4) is 0 Å². The molecular weight excluding hydrogens is 194 g/mol. The summed E-state index contributed by atoms with van der Waals surface area (Å²) in [4.78, 5) is 4.36. The molecule has 15 heavy (non-hydrogen) atoms. The molecule has 1 aliphatic carbocycles. The van der Waals surface area contributed by atoms with Gasteiger partial charge in [0.2, 0.25) is 5.89 Å². The minimum atomic E-state index is -0.284. The van der Waals surface area contributed by atoms with E-state index in [0.29, 0.717) is 18.9 Å². The van der Waals surface area contributed by atoms with E-state index in [1.807, 2.05) is 0 Å². The Morgan fingerprint density at radius 2 is 2.33 bits per heavy atom. The summed E-state index contributed by atoms with van der Waals surface area (Å²) in [5, 5.41) is 16.5. The summed E-state index contributed by atoms with van der Waals surface area (Å²) in [6.45, 7) is 0.616. The molecule has 0 spiro atoms. The summed E-state index contributed by atoms with van der Waals surface area (Å²) in [6.07, 6.45) is 3.92. The molecule has 5 nitrogen and oxygen atoms in total. The average molecular weight is 209 g/mol. The van der Waals surface area contributed by atoms with Crippen molar-refractivity contribution in [2.24, 2.45) is 5.92 Å². The molecule has 1 aromatic rings. The maximum Gasteiger partial charge on any atom is 0.243 e. The molecule has 0 amide bonds. The van der Waals surface area contributed by atoms with Crippen molar-refractivity contribution >= 4 is 0 Å². The van der Waals surface area contributed by atoms with Crippen molar-refractivity contribution in [3.63, 3.8) is 0 Å². The molecule has 0 radical (unpaired) electrons. The fraction of sp³-hybridized carbons (Fsp3) is 0.800. The summed E-state index contributed by atoms with van der Waals surface area (Å²) in [6, 6.07) is 0.0421. The zero-order chi connectivity index (χ0) is 10.3. The zero-order valence-corrected chi connectivity index (χ0v) is 8.52. The van der Waals surface area contributed by atoms with Gasteiger partial charge in [0.25, 0.3) is 0 Å². The van der Waals surface area contributed by atoms with Crippen LogP contribution in [0.5, 0.6) is 0 Å². The first-order valence-corrected chi connectivity index (χ1v) is 5.55. The molecule has 2 heterocycles. The van der Waals surface area contributed by atoms with E-state index in [1.54, 1.807) is 0 Å². The summed E-state index contributed by atoms with van der Waals surface area (Å²) in [7, 11) is 0. The van der Waals surface area contributed by atoms with Crippen molar-refractivity contribution < 1.29 is 9.63 Å². The van der Waals surface area contributed by atoms with Crippen LogP contribution in [0.2, 0.25) is 0 Å². The minimum absolute atomic E-state index is 0.0421. The van der Waals surface area contributed by atoms with Gasteiger partial charge in [0, 0.05) is 13.0 Å². The number of hydrogen-bond acceptors (Lipinski definition) is 5. The second-order valence-electron chi connectivity index (χ2n) is 4.55. The highest BCUT2D eigenvalue weighted by molar-refractivity contribution is 4.99. The lowest BCUT2D eigenvalue weighted by molar-refractivity contribution is 0.191. The highest BCUT2D eigenvalue weighted by Crippen LogP contribution is 2.32. The minimum Gasteiger partial charge on any atom is -0.392 e. The Labute approximate surface area is 87.9 Å². The second-order valence-corrected chi connectivity index (χ2v) is 4.55. The Kier molecular flexibility index (Phi) is 2.21. The van der Waals surface area contributed by atoms with E-state index in [-0.39, 0.29) is 12.1 Å². The third-order valence-electron chi connectivity index (χ3n) is 3.06. The van der Waals surface area contributed by atoms with Crippen LogP contribution >= 0.6 is 0 Å². The van der Waals surface area contributed by atoms with Gasteiger partial charge in [-0.15, -0.1) is 0 Å². The third kappa shape index (κ3) is 2.03. The SMILES string of the molecule is OC1CN[C@H](c2nc(CC3CC3)no2)C1. The molecule has 0 bridgehead atoms. The molecule has 1 saturated carbocycles. The quantitative estimate of drug-likeness (QED) is 0.754. The van der Waals surface area contributed by atoms with Gasteiger partial charge in [-0.25, -0.2) is 0 Å². The topological polar surface area (TPSA) is 71.2 Å². The molecule has 2 N–H and O–H groups in total. The van der Waals surface area contributed by atoms with E-state index >= 15 is 0 Å². The van der Waals surface area contributed by atoms with Crippen LogP contribution < -0.4 is 5.32 Å². The number of β-amino-alcohol motifs (C(OH)–C–C–N with tert-alkyl or cyclic N) is 1. The first-order valence-electron chi connectivity index (χ1n) is 5.55. The van der Waals surface area contributed by atoms with E-state index in [1.165, 1.54) is 12.8 Å². The van der Waals surface area contributed by atoms with Crippen molar-refractivity contribution in [1.82, 2.24) is 15.5 Å².